The Hall–Kier alpha value is -4.74. The largest absolute Gasteiger partial charge is 0.455 e. The second-order valence-electron chi connectivity index (χ2n) is 10.4. The Labute approximate surface area is 244 Å². The number of alkyl halides is 6. The van der Waals surface area contributed by atoms with Crippen LogP contribution in [0.15, 0.2) is 60.7 Å². The van der Waals surface area contributed by atoms with Crippen LogP contribution in [0.1, 0.15) is 33.4 Å². The molecule has 4 rings (SSSR count). The molecule has 228 valence electrons. The maximum atomic E-state index is 15.0. The predicted octanol–water partition coefficient (Wildman–Crippen LogP) is 8.24. The van der Waals surface area contributed by atoms with Crippen molar-refractivity contribution in [2.75, 3.05) is 22.9 Å². The Bertz CT molecular complexity index is 1530. The quantitative estimate of drug-likeness (QED) is 0.130. The summed E-state index contributed by atoms with van der Waals surface area (Å²) in [6.45, 7) is 5.45. The number of rotatable bonds is 6. The van der Waals surface area contributed by atoms with Gasteiger partial charge in [-0.3, -0.25) is 0 Å². The van der Waals surface area contributed by atoms with E-state index in [1.165, 1.54) is 64.1 Å². The second kappa shape index (κ2) is 10.8. The fourth-order valence-electron chi connectivity index (χ4n) is 5.18. The summed E-state index contributed by atoms with van der Waals surface area (Å²) in [7, 11) is 0. The minimum absolute atomic E-state index is 0.0383. The molecule has 43 heavy (non-hydrogen) atoms. The lowest BCUT2D eigenvalue weighted by Gasteiger charge is -2.39. The number of ether oxygens (including phenoxy) is 2. The summed E-state index contributed by atoms with van der Waals surface area (Å²) in [5, 5.41) is 0. The topological polar surface area (TPSA) is 123 Å². The van der Waals surface area contributed by atoms with Gasteiger partial charge in [0, 0.05) is 11.4 Å². The number of halogens is 6. The molecule has 12 heteroatoms. The highest BCUT2D eigenvalue weighted by Gasteiger charge is 2.72. The van der Waals surface area contributed by atoms with Gasteiger partial charge in [0.15, 0.2) is 0 Å². The molecule has 0 aliphatic heterocycles. The van der Waals surface area contributed by atoms with Crippen LogP contribution in [0.4, 0.5) is 49.1 Å². The molecule has 0 bridgehead atoms. The highest BCUT2D eigenvalue weighted by atomic mass is 19.4. The number of benzene rings is 4. The van der Waals surface area contributed by atoms with Crippen molar-refractivity contribution >= 4 is 22.7 Å². The molecule has 6 nitrogen and oxygen atoms in total. The van der Waals surface area contributed by atoms with Crippen molar-refractivity contribution in [3.8, 4) is 23.0 Å². The zero-order valence-corrected chi connectivity index (χ0v) is 23.7. The highest BCUT2D eigenvalue weighted by Crippen LogP contribution is 2.57. The van der Waals surface area contributed by atoms with Crippen molar-refractivity contribution < 1.29 is 35.8 Å². The normalized spacial score (nSPS) is 12.3. The number of hydrogen-bond acceptors (Lipinski definition) is 6. The van der Waals surface area contributed by atoms with E-state index in [9.17, 15) is 0 Å². The first-order valence-corrected chi connectivity index (χ1v) is 12.9. The maximum absolute atomic E-state index is 15.0. The summed E-state index contributed by atoms with van der Waals surface area (Å²) in [5.74, 6) is 0.426. The fourth-order valence-corrected chi connectivity index (χ4v) is 5.18. The zero-order chi connectivity index (χ0) is 32.1. The van der Waals surface area contributed by atoms with E-state index in [2.05, 4.69) is 0 Å². The van der Waals surface area contributed by atoms with Crippen LogP contribution in [0.25, 0.3) is 0 Å². The van der Waals surface area contributed by atoms with Gasteiger partial charge in [0.25, 0.3) is 0 Å². The van der Waals surface area contributed by atoms with E-state index in [1.54, 1.807) is 0 Å². The number of hydrogen-bond donors (Lipinski definition) is 4. The summed E-state index contributed by atoms with van der Waals surface area (Å²) < 4.78 is 102. The molecule has 8 N–H and O–H groups in total. The molecule has 0 heterocycles. The van der Waals surface area contributed by atoms with Gasteiger partial charge < -0.3 is 32.4 Å². The Balaban J connectivity index is 1.90. The highest BCUT2D eigenvalue weighted by molar-refractivity contribution is 5.64. The Morgan fingerprint density at radius 1 is 0.488 bits per heavy atom. The smallest absolute Gasteiger partial charge is 0.411 e. The third kappa shape index (κ3) is 5.56. The van der Waals surface area contributed by atoms with Crippen molar-refractivity contribution in [1.29, 1.82) is 0 Å². The van der Waals surface area contributed by atoms with Gasteiger partial charge in [-0.15, -0.1) is 0 Å². The molecule has 0 saturated heterocycles. The van der Waals surface area contributed by atoms with Crippen LogP contribution in [0.5, 0.6) is 23.0 Å². The minimum Gasteiger partial charge on any atom is -0.455 e. The standard InChI is InChI=1S/C31H30F6N4O2/c1-15-9-19(10-16(2)27(15)42-25-7-5-21(38)13-23(25)40)29(30(32,33)34,31(35,36)37)20-11-17(3)28(18(4)12-20)43-26-8-6-22(39)14-24(26)41/h5-14H,38-41H2,1-4H3. The Morgan fingerprint density at radius 3 is 1.05 bits per heavy atom. The van der Waals surface area contributed by atoms with Gasteiger partial charge in [-0.1, -0.05) is 24.3 Å². The SMILES string of the molecule is Cc1cc(C(c2cc(C)c(Oc3ccc(N)cc3N)c(C)c2)(C(F)(F)F)C(F)(F)F)cc(C)c1Oc1ccc(N)cc1N. The fraction of sp³-hybridized carbons (Fsp3) is 0.226. The maximum Gasteiger partial charge on any atom is 0.411 e. The van der Waals surface area contributed by atoms with E-state index >= 15 is 26.3 Å². The van der Waals surface area contributed by atoms with Crippen molar-refractivity contribution in [2.24, 2.45) is 0 Å². The van der Waals surface area contributed by atoms with Crippen LogP contribution in [0, 0.1) is 27.7 Å². The summed E-state index contributed by atoms with van der Waals surface area (Å²) in [6.07, 6.45) is -11.6. The lowest BCUT2D eigenvalue weighted by atomic mass is 9.71. The van der Waals surface area contributed by atoms with Crippen molar-refractivity contribution in [3.05, 3.63) is 94.0 Å². The first-order chi connectivity index (χ1) is 19.9. The van der Waals surface area contributed by atoms with Gasteiger partial charge >= 0.3 is 12.4 Å². The van der Waals surface area contributed by atoms with Crippen LogP contribution in [0.3, 0.4) is 0 Å². The molecule has 0 saturated carbocycles. The van der Waals surface area contributed by atoms with E-state index in [4.69, 9.17) is 32.4 Å². The summed E-state index contributed by atoms with van der Waals surface area (Å²) >= 11 is 0. The number of nitrogens with two attached hydrogens (primary N) is 4. The molecule has 4 aromatic rings. The third-order valence-corrected chi connectivity index (χ3v) is 7.13. The van der Waals surface area contributed by atoms with Crippen LogP contribution < -0.4 is 32.4 Å². The van der Waals surface area contributed by atoms with Crippen molar-refractivity contribution in [2.45, 2.75) is 45.5 Å². The van der Waals surface area contributed by atoms with E-state index in [-0.39, 0.29) is 56.6 Å². The third-order valence-electron chi connectivity index (χ3n) is 7.13. The van der Waals surface area contributed by atoms with Crippen LogP contribution in [-0.4, -0.2) is 12.4 Å². The van der Waals surface area contributed by atoms with Crippen molar-refractivity contribution in [1.82, 2.24) is 0 Å². The average molecular weight is 605 g/mol. The monoisotopic (exact) mass is 604 g/mol. The summed E-state index contributed by atoms with van der Waals surface area (Å²) in [4.78, 5) is 0. The second-order valence-corrected chi connectivity index (χ2v) is 10.4. The minimum atomic E-state index is -5.80. The number of anilines is 4. The van der Waals surface area contributed by atoms with E-state index < -0.39 is 28.9 Å². The summed E-state index contributed by atoms with van der Waals surface area (Å²) in [6, 6.07) is 12.1. The van der Waals surface area contributed by atoms with E-state index in [0.717, 1.165) is 24.3 Å². The van der Waals surface area contributed by atoms with Crippen LogP contribution in [0.2, 0.25) is 0 Å². The lowest BCUT2D eigenvalue weighted by molar-refractivity contribution is -0.288. The molecule has 4 aromatic carbocycles. The van der Waals surface area contributed by atoms with Gasteiger partial charge in [-0.25, -0.2) is 0 Å². The Kier molecular flexibility index (Phi) is 7.86. The molecule has 0 unspecified atom stereocenters. The summed E-state index contributed by atoms with van der Waals surface area (Å²) in [5.41, 5.74) is 18.0. The number of nitrogen functional groups attached to an aromatic ring is 4. The molecule has 0 aliphatic carbocycles. The molecule has 0 fully saturated rings. The number of aryl methyl sites for hydroxylation is 4. The van der Waals surface area contributed by atoms with Crippen LogP contribution in [-0.2, 0) is 5.41 Å². The predicted molar refractivity (Wildman–Crippen MR) is 155 cm³/mol. The van der Waals surface area contributed by atoms with Gasteiger partial charge in [-0.2, -0.15) is 26.3 Å². The van der Waals surface area contributed by atoms with E-state index in [1.807, 2.05) is 0 Å². The average Bonchev–Trinajstić information content (AvgIpc) is 2.84. The van der Waals surface area contributed by atoms with Crippen molar-refractivity contribution in [3.63, 3.8) is 0 Å². The Morgan fingerprint density at radius 2 is 0.791 bits per heavy atom. The van der Waals surface area contributed by atoms with Crippen LogP contribution >= 0.6 is 0 Å². The molecule has 0 atom stereocenters. The molecule has 0 spiro atoms. The lowest BCUT2D eigenvalue weighted by Crippen LogP contribution is -2.55. The van der Waals surface area contributed by atoms with E-state index in [0.29, 0.717) is 11.4 Å². The molecule has 0 aliphatic rings. The molecule has 0 radical (unpaired) electrons. The molecular formula is C31H30F6N4O2. The first-order valence-electron chi connectivity index (χ1n) is 12.9. The first kappa shape index (κ1) is 31.2. The molecule has 0 amide bonds. The van der Waals surface area contributed by atoms with Gasteiger partial charge in [-0.05, 0) is 97.5 Å². The molecule has 0 aromatic heterocycles. The van der Waals surface area contributed by atoms with Gasteiger partial charge in [0.05, 0.1) is 11.4 Å². The zero-order valence-electron chi connectivity index (χ0n) is 23.7. The van der Waals surface area contributed by atoms with Gasteiger partial charge in [0.1, 0.15) is 23.0 Å². The van der Waals surface area contributed by atoms with Gasteiger partial charge in [0.2, 0.25) is 5.41 Å². The molecular weight excluding hydrogens is 574 g/mol.